The summed E-state index contributed by atoms with van der Waals surface area (Å²) >= 11 is 0. The third-order valence-corrected chi connectivity index (χ3v) is 7.28. The van der Waals surface area contributed by atoms with Gasteiger partial charge in [-0.3, -0.25) is 14.0 Å². The number of rotatable bonds is 8. The second kappa shape index (κ2) is 10.2. The summed E-state index contributed by atoms with van der Waals surface area (Å²) < 4.78 is 18.6. The Kier molecular flexibility index (Phi) is 7.19. The molecule has 1 fully saturated rings. The smallest absolute Gasteiger partial charge is 0.227 e. The number of carbonyl (C=O) groups is 1. The maximum atomic E-state index is 12.6. The summed E-state index contributed by atoms with van der Waals surface area (Å²) in [4.78, 5) is 28.0. The first-order valence-electron chi connectivity index (χ1n) is 11.1. The van der Waals surface area contributed by atoms with E-state index in [9.17, 15) is 9.00 Å². The fourth-order valence-corrected chi connectivity index (χ4v) is 5.30. The van der Waals surface area contributed by atoms with Crippen LogP contribution in [0.5, 0.6) is 5.75 Å². The Balaban J connectivity index is 1.44. The van der Waals surface area contributed by atoms with Gasteiger partial charge < -0.3 is 20.3 Å². The largest absolute Gasteiger partial charge is 0.490 e. The first kappa shape index (κ1) is 22.4. The zero-order valence-electron chi connectivity index (χ0n) is 18.5. The first-order chi connectivity index (χ1) is 15.5. The van der Waals surface area contributed by atoms with Gasteiger partial charge in [-0.1, -0.05) is 0 Å². The molecule has 4 rings (SSSR count). The lowest BCUT2D eigenvalue weighted by molar-refractivity contribution is -0.120. The molecular weight excluding hydrogens is 428 g/mol. The van der Waals surface area contributed by atoms with Crippen LogP contribution in [0.3, 0.4) is 0 Å². The predicted molar refractivity (Wildman–Crippen MR) is 123 cm³/mol. The molecule has 1 amide bonds. The van der Waals surface area contributed by atoms with Gasteiger partial charge in [-0.25, -0.2) is 4.98 Å². The van der Waals surface area contributed by atoms with Gasteiger partial charge in [-0.05, 0) is 25.5 Å². The number of ether oxygens (including phenoxy) is 1. The van der Waals surface area contributed by atoms with E-state index in [1.54, 1.807) is 19.4 Å². The van der Waals surface area contributed by atoms with Gasteiger partial charge in [0.15, 0.2) is 0 Å². The molecule has 0 bridgehead atoms. The van der Waals surface area contributed by atoms with Crippen LogP contribution in [0, 0.1) is 0 Å². The molecule has 0 aromatic carbocycles. The highest BCUT2D eigenvalue weighted by Crippen LogP contribution is 2.31. The molecule has 0 radical (unpaired) electrons. The second-order valence-electron chi connectivity index (χ2n) is 8.19. The third kappa shape index (κ3) is 5.35. The van der Waals surface area contributed by atoms with Crippen LogP contribution in [0.1, 0.15) is 38.3 Å². The summed E-state index contributed by atoms with van der Waals surface area (Å²) in [5.41, 5.74) is 0.865. The van der Waals surface area contributed by atoms with Crippen LogP contribution in [0.15, 0.2) is 29.4 Å². The highest BCUT2D eigenvalue weighted by Gasteiger charge is 2.29. The van der Waals surface area contributed by atoms with Crippen molar-refractivity contribution in [3.05, 3.63) is 30.2 Å². The number of pyridine rings is 1. The van der Waals surface area contributed by atoms with E-state index >= 15 is 0 Å². The van der Waals surface area contributed by atoms with E-state index in [2.05, 4.69) is 20.5 Å². The number of aryl methyl sites for hydroxylation is 1. The Labute approximate surface area is 190 Å². The molecule has 2 N–H and O–H groups in total. The van der Waals surface area contributed by atoms with Gasteiger partial charge in [0, 0.05) is 70.0 Å². The van der Waals surface area contributed by atoms with Crippen LogP contribution in [0.4, 0.5) is 11.8 Å². The summed E-state index contributed by atoms with van der Waals surface area (Å²) in [5, 5.41) is 6.03. The molecule has 32 heavy (non-hydrogen) atoms. The van der Waals surface area contributed by atoms with E-state index < -0.39 is 10.8 Å². The Hall–Kier alpha value is -2.75. The van der Waals surface area contributed by atoms with E-state index in [1.165, 1.54) is 0 Å². The molecular formula is C22H30N6O3S. The van der Waals surface area contributed by atoms with Crippen molar-refractivity contribution in [2.75, 3.05) is 36.1 Å². The monoisotopic (exact) mass is 458 g/mol. The number of aromatic nitrogens is 3. The number of fused-ring (bicyclic) bond motifs is 1. The van der Waals surface area contributed by atoms with E-state index in [4.69, 9.17) is 14.7 Å². The van der Waals surface area contributed by atoms with Crippen molar-refractivity contribution in [2.24, 2.45) is 0 Å². The number of hydrogen-bond acceptors (Lipinski definition) is 8. The van der Waals surface area contributed by atoms with Crippen LogP contribution in [-0.2, 0) is 22.0 Å². The van der Waals surface area contributed by atoms with Gasteiger partial charge in [0.05, 0.1) is 16.5 Å². The molecule has 9 nitrogen and oxygen atoms in total. The molecule has 2 aromatic rings. The fourth-order valence-electron chi connectivity index (χ4n) is 3.98. The summed E-state index contributed by atoms with van der Waals surface area (Å²) in [6.45, 7) is 3.60. The average Bonchev–Trinajstić information content (AvgIpc) is 3.19. The molecule has 172 valence electrons. The Morgan fingerprint density at radius 2 is 2.03 bits per heavy atom. The quantitative estimate of drug-likeness (QED) is 0.617. The number of carbonyl (C=O) groups excluding carboxylic acids is 1. The van der Waals surface area contributed by atoms with Crippen LogP contribution in [0.2, 0.25) is 0 Å². The summed E-state index contributed by atoms with van der Waals surface area (Å²) in [5.74, 6) is 2.74. The topological polar surface area (TPSA) is 109 Å². The number of anilines is 2. The zero-order valence-corrected chi connectivity index (χ0v) is 19.4. The molecule has 10 heteroatoms. The number of piperidine rings is 1. The molecule has 1 saturated heterocycles. The minimum absolute atomic E-state index is 0.00712. The molecule has 1 unspecified atom stereocenters. The summed E-state index contributed by atoms with van der Waals surface area (Å²) in [7, 11) is 0.545. The van der Waals surface area contributed by atoms with Gasteiger partial charge in [-0.15, -0.1) is 0 Å². The zero-order chi connectivity index (χ0) is 22.5. The summed E-state index contributed by atoms with van der Waals surface area (Å²) in [6, 6.07) is 3.77. The Morgan fingerprint density at radius 1 is 1.28 bits per heavy atom. The number of hydrogen-bond donors (Lipinski definition) is 2. The molecule has 2 aliphatic rings. The average molecular weight is 459 g/mol. The highest BCUT2D eigenvalue weighted by atomic mass is 32.2. The lowest BCUT2D eigenvalue weighted by atomic mass is 10.1. The number of nitrogens with one attached hydrogen (secondary N) is 2. The van der Waals surface area contributed by atoms with Crippen molar-refractivity contribution in [2.45, 2.75) is 56.1 Å². The van der Waals surface area contributed by atoms with E-state index in [0.717, 1.165) is 42.3 Å². The fraction of sp³-hybridized carbons (Fsp3) is 0.545. The standard InChI is InChI=1S/C22H30N6O3S/c1-15(3-4-19(29)23-2)25-21-20-18(9-14-32(20)30)26-22(27-21)28-12-7-17(8-13-28)31-16-5-10-24-11-6-16/h5-6,10-11,15,17H,3-4,7-9,12-14H2,1-2H3,(H,23,29)(H,25,26,27)/t15-,32?/m1/s1. The SMILES string of the molecule is CNC(=O)CC[C@@H](C)Nc1nc(N2CCC(Oc3ccncc3)CC2)nc2c1S(=O)CC2. The van der Waals surface area contributed by atoms with Crippen LogP contribution >= 0.6 is 0 Å². The maximum Gasteiger partial charge on any atom is 0.227 e. The Morgan fingerprint density at radius 3 is 2.75 bits per heavy atom. The second-order valence-corrected chi connectivity index (χ2v) is 9.70. The molecule has 0 aliphatic carbocycles. The van der Waals surface area contributed by atoms with Crippen LogP contribution in [0.25, 0.3) is 0 Å². The van der Waals surface area contributed by atoms with Crippen molar-refractivity contribution in [1.82, 2.24) is 20.3 Å². The molecule has 0 spiro atoms. The maximum absolute atomic E-state index is 12.6. The lowest BCUT2D eigenvalue weighted by Crippen LogP contribution is -2.39. The van der Waals surface area contributed by atoms with Crippen molar-refractivity contribution < 1.29 is 13.7 Å². The molecule has 2 aromatic heterocycles. The van der Waals surface area contributed by atoms with Gasteiger partial charge in [0.25, 0.3) is 0 Å². The van der Waals surface area contributed by atoms with Crippen molar-refractivity contribution >= 4 is 28.5 Å². The van der Waals surface area contributed by atoms with Gasteiger partial charge in [0.1, 0.15) is 22.6 Å². The van der Waals surface area contributed by atoms with Gasteiger partial charge in [0.2, 0.25) is 11.9 Å². The number of nitrogens with zero attached hydrogens (tertiary/aromatic N) is 4. The third-order valence-electron chi connectivity index (χ3n) is 5.82. The van der Waals surface area contributed by atoms with E-state index in [0.29, 0.717) is 36.8 Å². The molecule has 4 heterocycles. The molecule has 2 atom stereocenters. The van der Waals surface area contributed by atoms with Crippen molar-refractivity contribution in [3.63, 3.8) is 0 Å². The molecule has 2 aliphatic heterocycles. The van der Waals surface area contributed by atoms with E-state index in [1.807, 2.05) is 19.1 Å². The summed E-state index contributed by atoms with van der Waals surface area (Å²) in [6.07, 6.45) is 7.16. The number of amides is 1. The van der Waals surface area contributed by atoms with Crippen LogP contribution < -0.4 is 20.3 Å². The minimum Gasteiger partial charge on any atom is -0.490 e. The van der Waals surface area contributed by atoms with Gasteiger partial charge >= 0.3 is 0 Å². The first-order valence-corrected chi connectivity index (χ1v) is 12.4. The highest BCUT2D eigenvalue weighted by molar-refractivity contribution is 7.85. The Bertz CT molecular complexity index is 966. The normalized spacial score (nSPS) is 19.3. The van der Waals surface area contributed by atoms with E-state index in [-0.39, 0.29) is 18.1 Å². The lowest BCUT2D eigenvalue weighted by Gasteiger charge is -2.32. The van der Waals surface area contributed by atoms with Crippen molar-refractivity contribution in [3.8, 4) is 5.75 Å². The minimum atomic E-state index is -1.09. The van der Waals surface area contributed by atoms with Crippen LogP contribution in [-0.4, -0.2) is 63.1 Å². The van der Waals surface area contributed by atoms with Crippen molar-refractivity contribution in [1.29, 1.82) is 0 Å². The predicted octanol–water partition coefficient (Wildman–Crippen LogP) is 1.91. The van der Waals surface area contributed by atoms with Gasteiger partial charge in [-0.2, -0.15) is 4.98 Å². The molecule has 0 saturated carbocycles.